The summed E-state index contributed by atoms with van der Waals surface area (Å²) in [5, 5.41) is 3.27. The topological polar surface area (TPSA) is 21.3 Å². The molecule has 0 radical (unpaired) electrons. The Morgan fingerprint density at radius 2 is 2.05 bits per heavy atom. The summed E-state index contributed by atoms with van der Waals surface area (Å²) in [5.74, 6) is 1.81. The first kappa shape index (κ1) is 16.4. The number of benzene rings is 2. The van der Waals surface area contributed by atoms with Crippen LogP contribution in [0.5, 0.6) is 5.75 Å². The lowest BCUT2D eigenvalue weighted by molar-refractivity contribution is 0.414. The van der Waals surface area contributed by atoms with Crippen molar-refractivity contribution in [3.63, 3.8) is 0 Å². The maximum absolute atomic E-state index is 5.29. The SMILES string of the molecule is CNC(C)c1cccc(SCc2cc(OC)ccc2Br)c1. The quantitative estimate of drug-likeness (QED) is 0.725. The molecule has 2 aromatic rings. The Labute approximate surface area is 139 Å². The second-order valence-electron chi connectivity index (χ2n) is 4.83. The van der Waals surface area contributed by atoms with Crippen molar-refractivity contribution in [2.75, 3.05) is 14.2 Å². The highest BCUT2D eigenvalue weighted by molar-refractivity contribution is 9.10. The molecule has 2 rings (SSSR count). The van der Waals surface area contributed by atoms with Gasteiger partial charge < -0.3 is 10.1 Å². The first-order chi connectivity index (χ1) is 10.1. The number of nitrogens with one attached hydrogen (secondary N) is 1. The van der Waals surface area contributed by atoms with E-state index >= 15 is 0 Å². The van der Waals surface area contributed by atoms with Gasteiger partial charge in [-0.1, -0.05) is 28.1 Å². The monoisotopic (exact) mass is 365 g/mol. The van der Waals surface area contributed by atoms with Crippen LogP contribution >= 0.6 is 27.7 Å². The minimum absolute atomic E-state index is 0.370. The highest BCUT2D eigenvalue weighted by Gasteiger charge is 2.06. The fourth-order valence-corrected chi connectivity index (χ4v) is 3.52. The highest BCUT2D eigenvalue weighted by atomic mass is 79.9. The van der Waals surface area contributed by atoms with E-state index in [1.54, 1.807) is 7.11 Å². The van der Waals surface area contributed by atoms with Crippen LogP contribution in [0.2, 0.25) is 0 Å². The largest absolute Gasteiger partial charge is 0.497 e. The van der Waals surface area contributed by atoms with Crippen LogP contribution in [0.25, 0.3) is 0 Å². The Bertz CT molecular complexity index is 603. The van der Waals surface area contributed by atoms with Crippen molar-refractivity contribution in [3.8, 4) is 5.75 Å². The van der Waals surface area contributed by atoms with E-state index in [2.05, 4.69) is 58.5 Å². The van der Waals surface area contributed by atoms with Crippen LogP contribution in [0.3, 0.4) is 0 Å². The fraction of sp³-hybridized carbons (Fsp3) is 0.294. The molecule has 0 spiro atoms. The molecule has 2 nitrogen and oxygen atoms in total. The van der Waals surface area contributed by atoms with Crippen molar-refractivity contribution < 1.29 is 4.74 Å². The predicted octanol–water partition coefficient (Wildman–Crippen LogP) is 5.03. The van der Waals surface area contributed by atoms with E-state index in [0.29, 0.717) is 6.04 Å². The minimum atomic E-state index is 0.370. The normalized spacial score (nSPS) is 12.2. The molecule has 4 heteroatoms. The van der Waals surface area contributed by atoms with Crippen molar-refractivity contribution in [3.05, 3.63) is 58.1 Å². The van der Waals surface area contributed by atoms with Crippen molar-refractivity contribution in [2.24, 2.45) is 0 Å². The lowest BCUT2D eigenvalue weighted by Crippen LogP contribution is -2.11. The number of thioether (sulfide) groups is 1. The Kier molecular flexibility index (Phi) is 6.15. The molecule has 0 amide bonds. The van der Waals surface area contributed by atoms with Crippen LogP contribution in [-0.2, 0) is 5.75 Å². The molecule has 112 valence electrons. The Hall–Kier alpha value is -0.970. The van der Waals surface area contributed by atoms with Gasteiger partial charge in [0.2, 0.25) is 0 Å². The van der Waals surface area contributed by atoms with Gasteiger partial charge in [-0.2, -0.15) is 0 Å². The first-order valence-corrected chi connectivity index (χ1v) is 8.64. The van der Waals surface area contributed by atoms with Crippen molar-refractivity contribution in [2.45, 2.75) is 23.6 Å². The molecule has 21 heavy (non-hydrogen) atoms. The maximum atomic E-state index is 5.29. The average Bonchev–Trinajstić information content (AvgIpc) is 2.53. The predicted molar refractivity (Wildman–Crippen MR) is 94.2 cm³/mol. The van der Waals surface area contributed by atoms with Crippen molar-refractivity contribution in [1.29, 1.82) is 0 Å². The number of hydrogen-bond acceptors (Lipinski definition) is 3. The summed E-state index contributed by atoms with van der Waals surface area (Å²) in [5.41, 5.74) is 2.55. The summed E-state index contributed by atoms with van der Waals surface area (Å²) in [6, 6.07) is 15.1. The van der Waals surface area contributed by atoms with Gasteiger partial charge in [-0.05, 0) is 55.4 Å². The van der Waals surface area contributed by atoms with E-state index in [0.717, 1.165) is 16.0 Å². The number of hydrogen-bond donors (Lipinski definition) is 1. The van der Waals surface area contributed by atoms with E-state index in [4.69, 9.17) is 4.74 Å². The first-order valence-electron chi connectivity index (χ1n) is 6.86. The summed E-state index contributed by atoms with van der Waals surface area (Å²) in [6.45, 7) is 2.17. The zero-order valence-electron chi connectivity index (χ0n) is 12.5. The van der Waals surface area contributed by atoms with Crippen LogP contribution in [-0.4, -0.2) is 14.2 Å². The van der Waals surface area contributed by atoms with Crippen LogP contribution in [0, 0.1) is 0 Å². The Morgan fingerprint density at radius 1 is 1.24 bits per heavy atom. The molecule has 0 fully saturated rings. The van der Waals surface area contributed by atoms with Gasteiger partial charge >= 0.3 is 0 Å². The molecule has 2 aromatic carbocycles. The van der Waals surface area contributed by atoms with Crippen molar-refractivity contribution >= 4 is 27.7 Å². The van der Waals surface area contributed by atoms with E-state index in [9.17, 15) is 0 Å². The summed E-state index contributed by atoms with van der Waals surface area (Å²) in [6.07, 6.45) is 0. The molecule has 1 unspecified atom stereocenters. The molecule has 1 atom stereocenters. The lowest BCUT2D eigenvalue weighted by Gasteiger charge is -2.12. The molecule has 0 bridgehead atoms. The second-order valence-corrected chi connectivity index (χ2v) is 6.73. The van der Waals surface area contributed by atoms with Gasteiger partial charge in [-0.3, -0.25) is 0 Å². The van der Waals surface area contributed by atoms with E-state index in [1.807, 2.05) is 30.9 Å². The third-order valence-corrected chi connectivity index (χ3v) is 5.25. The molecule has 0 heterocycles. The Balaban J connectivity index is 2.09. The third-order valence-electron chi connectivity index (χ3n) is 3.44. The number of rotatable bonds is 6. The van der Waals surface area contributed by atoms with Gasteiger partial charge in [0.1, 0.15) is 5.75 Å². The van der Waals surface area contributed by atoms with E-state index in [1.165, 1.54) is 16.0 Å². The maximum Gasteiger partial charge on any atom is 0.119 e. The summed E-state index contributed by atoms with van der Waals surface area (Å²) < 4.78 is 6.41. The van der Waals surface area contributed by atoms with Gasteiger partial charge in [0.15, 0.2) is 0 Å². The second kappa shape index (κ2) is 7.87. The average molecular weight is 366 g/mol. The molecular formula is C17H20BrNOS. The van der Waals surface area contributed by atoms with Crippen LogP contribution in [0.4, 0.5) is 0 Å². The summed E-state index contributed by atoms with van der Waals surface area (Å²) in [4.78, 5) is 1.28. The van der Waals surface area contributed by atoms with Gasteiger partial charge in [0.05, 0.1) is 7.11 Å². The van der Waals surface area contributed by atoms with E-state index < -0.39 is 0 Å². The van der Waals surface area contributed by atoms with Crippen LogP contribution < -0.4 is 10.1 Å². The zero-order valence-corrected chi connectivity index (χ0v) is 14.9. The number of methoxy groups -OCH3 is 1. The molecule has 0 aliphatic heterocycles. The van der Waals surface area contributed by atoms with Crippen LogP contribution in [0.15, 0.2) is 51.8 Å². The number of ether oxygens (including phenoxy) is 1. The zero-order chi connectivity index (χ0) is 15.2. The smallest absolute Gasteiger partial charge is 0.119 e. The molecule has 1 N–H and O–H groups in total. The van der Waals surface area contributed by atoms with Gasteiger partial charge in [-0.15, -0.1) is 11.8 Å². The number of halogens is 1. The van der Waals surface area contributed by atoms with Gasteiger partial charge in [-0.25, -0.2) is 0 Å². The Morgan fingerprint density at radius 3 is 2.76 bits per heavy atom. The summed E-state index contributed by atoms with van der Waals surface area (Å²) in [7, 11) is 3.68. The van der Waals surface area contributed by atoms with Crippen molar-refractivity contribution in [1.82, 2.24) is 5.32 Å². The molecule has 0 saturated carbocycles. The molecule has 0 aliphatic carbocycles. The highest BCUT2D eigenvalue weighted by Crippen LogP contribution is 2.30. The minimum Gasteiger partial charge on any atom is -0.497 e. The molecule has 0 aromatic heterocycles. The molecular weight excluding hydrogens is 346 g/mol. The standard InChI is InChI=1S/C17H20BrNOS/c1-12(19-2)13-5-4-6-16(10-13)21-11-14-9-15(20-3)7-8-17(14)18/h4-10,12,19H,11H2,1-3H3. The lowest BCUT2D eigenvalue weighted by atomic mass is 10.1. The fourth-order valence-electron chi connectivity index (χ4n) is 1.99. The van der Waals surface area contributed by atoms with Gasteiger partial charge in [0.25, 0.3) is 0 Å². The third kappa shape index (κ3) is 4.50. The molecule has 0 aliphatic rings. The molecule has 0 saturated heterocycles. The van der Waals surface area contributed by atoms with E-state index in [-0.39, 0.29) is 0 Å². The van der Waals surface area contributed by atoms with Crippen LogP contribution in [0.1, 0.15) is 24.1 Å². The summed E-state index contributed by atoms with van der Waals surface area (Å²) >= 11 is 5.44. The van der Waals surface area contributed by atoms with Gasteiger partial charge in [0, 0.05) is 21.2 Å².